The molecular formula is C13H12FN3O4. The lowest BCUT2D eigenvalue weighted by molar-refractivity contribution is 0.0941. The summed E-state index contributed by atoms with van der Waals surface area (Å²) in [5.74, 6) is -2.06. The Hall–Kier alpha value is -2.90. The Kier molecular flexibility index (Phi) is 3.88. The number of H-pyrrole nitrogens is 1. The molecule has 2 rings (SSSR count). The molecule has 21 heavy (non-hydrogen) atoms. The highest BCUT2D eigenvalue weighted by Gasteiger charge is 2.17. The van der Waals surface area contributed by atoms with Crippen LogP contribution in [0.25, 0.3) is 0 Å². The lowest BCUT2D eigenvalue weighted by Crippen LogP contribution is -2.36. The minimum atomic E-state index is -0.967. The quantitative estimate of drug-likeness (QED) is 0.732. The van der Waals surface area contributed by atoms with E-state index in [0.29, 0.717) is 10.1 Å². The van der Waals surface area contributed by atoms with Crippen molar-refractivity contribution in [1.29, 1.82) is 0 Å². The summed E-state index contributed by atoms with van der Waals surface area (Å²) in [7, 11) is 1.17. The van der Waals surface area contributed by atoms with Gasteiger partial charge in [0, 0.05) is 13.6 Å². The Morgan fingerprint density at radius 3 is 2.57 bits per heavy atom. The number of aromatic nitrogens is 2. The van der Waals surface area contributed by atoms with E-state index in [-0.39, 0.29) is 6.54 Å². The van der Waals surface area contributed by atoms with Gasteiger partial charge >= 0.3 is 5.69 Å². The zero-order valence-electron chi connectivity index (χ0n) is 11.0. The summed E-state index contributed by atoms with van der Waals surface area (Å²) in [5, 5.41) is 12.0. The summed E-state index contributed by atoms with van der Waals surface area (Å²) >= 11 is 0. The zero-order chi connectivity index (χ0) is 15.6. The van der Waals surface area contributed by atoms with Gasteiger partial charge in [-0.2, -0.15) is 0 Å². The fourth-order valence-corrected chi connectivity index (χ4v) is 1.65. The number of benzene rings is 1. The second kappa shape index (κ2) is 5.61. The van der Waals surface area contributed by atoms with E-state index in [1.807, 2.05) is 0 Å². The van der Waals surface area contributed by atoms with Gasteiger partial charge in [0.25, 0.3) is 11.5 Å². The molecule has 0 saturated carbocycles. The first-order valence-corrected chi connectivity index (χ1v) is 5.95. The fraction of sp³-hybridized carbons (Fsp3) is 0.154. The highest BCUT2D eigenvalue weighted by molar-refractivity contribution is 5.94. The molecule has 0 atom stereocenters. The average Bonchev–Trinajstić information content (AvgIpc) is 2.48. The molecule has 7 nitrogen and oxygen atoms in total. The Labute approximate surface area is 117 Å². The predicted molar refractivity (Wildman–Crippen MR) is 71.5 cm³/mol. The molecule has 1 amide bonds. The Bertz CT molecular complexity index is 793. The monoisotopic (exact) mass is 293 g/mol. The van der Waals surface area contributed by atoms with Crippen LogP contribution in [0.5, 0.6) is 5.75 Å². The maximum absolute atomic E-state index is 12.7. The number of amides is 1. The second-order valence-corrected chi connectivity index (χ2v) is 4.33. The molecule has 3 N–H and O–H groups in total. The maximum Gasteiger partial charge on any atom is 0.328 e. The smallest absolute Gasteiger partial charge is 0.328 e. The van der Waals surface area contributed by atoms with Gasteiger partial charge in [-0.15, -0.1) is 0 Å². The van der Waals surface area contributed by atoms with Gasteiger partial charge in [0.1, 0.15) is 5.82 Å². The van der Waals surface area contributed by atoms with E-state index in [9.17, 15) is 23.9 Å². The van der Waals surface area contributed by atoms with Crippen molar-refractivity contribution >= 4 is 5.91 Å². The lowest BCUT2D eigenvalue weighted by Gasteiger charge is -2.07. The molecule has 0 saturated heterocycles. The molecule has 0 radical (unpaired) electrons. The van der Waals surface area contributed by atoms with Crippen LogP contribution in [0.4, 0.5) is 4.39 Å². The Balaban J connectivity index is 2.20. The van der Waals surface area contributed by atoms with Crippen molar-refractivity contribution < 1.29 is 14.3 Å². The zero-order valence-corrected chi connectivity index (χ0v) is 11.0. The molecule has 1 heterocycles. The van der Waals surface area contributed by atoms with Gasteiger partial charge in [0.2, 0.25) is 5.75 Å². The van der Waals surface area contributed by atoms with Gasteiger partial charge in [0.15, 0.2) is 5.69 Å². The Morgan fingerprint density at radius 2 is 1.95 bits per heavy atom. The van der Waals surface area contributed by atoms with E-state index in [4.69, 9.17) is 0 Å². The van der Waals surface area contributed by atoms with Gasteiger partial charge < -0.3 is 10.4 Å². The maximum atomic E-state index is 12.7. The van der Waals surface area contributed by atoms with Crippen molar-refractivity contribution in [2.24, 2.45) is 7.05 Å². The molecule has 0 unspecified atom stereocenters. The van der Waals surface area contributed by atoms with Crippen LogP contribution in [0.1, 0.15) is 16.1 Å². The van der Waals surface area contributed by atoms with Crippen LogP contribution >= 0.6 is 0 Å². The van der Waals surface area contributed by atoms with Gasteiger partial charge in [-0.05, 0) is 17.7 Å². The summed E-state index contributed by atoms with van der Waals surface area (Å²) in [4.78, 5) is 36.9. The van der Waals surface area contributed by atoms with Gasteiger partial charge in [-0.3, -0.25) is 19.1 Å². The number of halogens is 1. The summed E-state index contributed by atoms with van der Waals surface area (Å²) in [6, 6.07) is 5.42. The molecule has 0 fully saturated rings. The molecule has 2 aromatic rings. The average molecular weight is 293 g/mol. The van der Waals surface area contributed by atoms with Crippen molar-refractivity contribution in [2.75, 3.05) is 0 Å². The second-order valence-electron chi connectivity index (χ2n) is 4.33. The third-order valence-corrected chi connectivity index (χ3v) is 2.87. The molecule has 0 aliphatic rings. The fourth-order valence-electron chi connectivity index (χ4n) is 1.65. The van der Waals surface area contributed by atoms with Crippen molar-refractivity contribution in [3.05, 3.63) is 62.2 Å². The van der Waals surface area contributed by atoms with Crippen molar-refractivity contribution in [3.63, 3.8) is 0 Å². The number of nitrogens with zero attached hydrogens (tertiary/aromatic N) is 1. The highest BCUT2D eigenvalue weighted by atomic mass is 19.1. The standard InChI is InChI=1S/C13H12FN3O4/c1-17-12(20)10(18)9(16-13(17)21)11(19)15-6-7-2-4-8(14)5-3-7/h2-5,18H,6H2,1H3,(H,15,19)(H,16,21). The van der Waals surface area contributed by atoms with Crippen molar-refractivity contribution in [3.8, 4) is 5.75 Å². The molecule has 1 aromatic carbocycles. The molecule has 0 bridgehead atoms. The molecule has 1 aromatic heterocycles. The topological polar surface area (TPSA) is 104 Å². The van der Waals surface area contributed by atoms with Crippen LogP contribution in [0.2, 0.25) is 0 Å². The van der Waals surface area contributed by atoms with Crippen molar-refractivity contribution in [1.82, 2.24) is 14.9 Å². The first-order valence-electron chi connectivity index (χ1n) is 5.95. The van der Waals surface area contributed by atoms with Gasteiger partial charge in [0.05, 0.1) is 0 Å². The third-order valence-electron chi connectivity index (χ3n) is 2.87. The van der Waals surface area contributed by atoms with Crippen LogP contribution in [-0.2, 0) is 13.6 Å². The third kappa shape index (κ3) is 2.99. The highest BCUT2D eigenvalue weighted by Crippen LogP contribution is 2.06. The number of hydrogen-bond donors (Lipinski definition) is 3. The lowest BCUT2D eigenvalue weighted by atomic mass is 10.2. The first-order chi connectivity index (χ1) is 9.90. The Morgan fingerprint density at radius 1 is 1.33 bits per heavy atom. The van der Waals surface area contributed by atoms with E-state index in [1.54, 1.807) is 0 Å². The van der Waals surface area contributed by atoms with E-state index in [2.05, 4.69) is 10.3 Å². The normalized spacial score (nSPS) is 10.4. The SMILES string of the molecule is Cn1c(=O)[nH]c(C(=O)NCc2ccc(F)cc2)c(O)c1=O. The number of rotatable bonds is 3. The van der Waals surface area contributed by atoms with Gasteiger partial charge in [-0.1, -0.05) is 12.1 Å². The minimum Gasteiger partial charge on any atom is -0.501 e. The first kappa shape index (κ1) is 14.5. The number of carbonyl (C=O) groups is 1. The molecule has 0 spiro atoms. The van der Waals surface area contributed by atoms with E-state index >= 15 is 0 Å². The van der Waals surface area contributed by atoms with Crippen LogP contribution in [0, 0.1) is 5.82 Å². The molecular weight excluding hydrogens is 281 g/mol. The molecule has 8 heteroatoms. The predicted octanol–water partition coefficient (Wildman–Crippen LogP) is -0.152. The number of carbonyl (C=O) groups excluding carboxylic acids is 1. The van der Waals surface area contributed by atoms with Crippen molar-refractivity contribution in [2.45, 2.75) is 6.54 Å². The van der Waals surface area contributed by atoms with Crippen LogP contribution < -0.4 is 16.6 Å². The molecule has 0 aliphatic heterocycles. The number of nitrogens with one attached hydrogen (secondary N) is 2. The minimum absolute atomic E-state index is 0.0514. The molecule has 0 aliphatic carbocycles. The summed E-state index contributed by atoms with van der Waals surface area (Å²) < 4.78 is 13.4. The summed E-state index contributed by atoms with van der Waals surface area (Å²) in [5.41, 5.74) is -1.67. The largest absolute Gasteiger partial charge is 0.501 e. The summed E-state index contributed by atoms with van der Waals surface area (Å²) in [6.45, 7) is 0.0514. The molecule has 110 valence electrons. The van der Waals surface area contributed by atoms with E-state index in [1.165, 1.54) is 31.3 Å². The van der Waals surface area contributed by atoms with Crippen LogP contribution in [0.3, 0.4) is 0 Å². The number of aromatic amines is 1. The van der Waals surface area contributed by atoms with E-state index < -0.39 is 34.4 Å². The van der Waals surface area contributed by atoms with Crippen LogP contribution in [0.15, 0.2) is 33.9 Å². The summed E-state index contributed by atoms with van der Waals surface area (Å²) in [6.07, 6.45) is 0. The van der Waals surface area contributed by atoms with E-state index in [0.717, 1.165) is 0 Å². The number of hydrogen-bond acceptors (Lipinski definition) is 4. The van der Waals surface area contributed by atoms with Crippen LogP contribution in [-0.4, -0.2) is 20.6 Å². The van der Waals surface area contributed by atoms with Gasteiger partial charge in [-0.25, -0.2) is 9.18 Å². The number of aromatic hydroxyl groups is 1.